The van der Waals surface area contributed by atoms with Gasteiger partial charge in [-0.25, -0.2) is 13.8 Å². The van der Waals surface area contributed by atoms with E-state index in [1.54, 1.807) is 0 Å². The number of benzene rings is 1. The lowest BCUT2D eigenvalue weighted by molar-refractivity contribution is 0.533. The second-order valence-electron chi connectivity index (χ2n) is 4.69. The van der Waals surface area contributed by atoms with Crippen molar-refractivity contribution in [3.8, 4) is 0 Å². The van der Waals surface area contributed by atoms with Gasteiger partial charge in [-0.2, -0.15) is 4.37 Å². The Morgan fingerprint density at radius 3 is 2.48 bits per heavy atom. The molecule has 1 atom stereocenters. The van der Waals surface area contributed by atoms with E-state index in [4.69, 9.17) is 5.73 Å². The van der Waals surface area contributed by atoms with E-state index in [9.17, 15) is 8.78 Å². The average molecular weight is 329 g/mol. The topological polar surface area (TPSA) is 51.8 Å². The minimum atomic E-state index is -0.577. The SMILES string of the molecule is CCc1nsc(Sc2c(F)cc(CC(N)CC)cc2F)n1. The van der Waals surface area contributed by atoms with Crippen molar-refractivity contribution in [2.75, 3.05) is 0 Å². The zero-order valence-electron chi connectivity index (χ0n) is 11.9. The van der Waals surface area contributed by atoms with E-state index in [1.807, 2.05) is 13.8 Å². The van der Waals surface area contributed by atoms with Crippen LogP contribution in [-0.4, -0.2) is 15.4 Å². The zero-order valence-corrected chi connectivity index (χ0v) is 13.5. The Bertz CT molecular complexity index is 593. The zero-order chi connectivity index (χ0) is 15.4. The molecule has 7 heteroatoms. The highest BCUT2D eigenvalue weighted by Gasteiger charge is 2.16. The molecule has 2 N–H and O–H groups in total. The highest BCUT2D eigenvalue weighted by Crippen LogP contribution is 2.33. The first-order valence-corrected chi connectivity index (χ1v) is 8.36. The largest absolute Gasteiger partial charge is 0.327 e. The lowest BCUT2D eigenvalue weighted by Crippen LogP contribution is -2.21. The summed E-state index contributed by atoms with van der Waals surface area (Å²) in [4.78, 5) is 4.17. The van der Waals surface area contributed by atoms with Crippen LogP contribution in [0.4, 0.5) is 8.78 Å². The minimum absolute atomic E-state index is 0.0392. The Morgan fingerprint density at radius 1 is 1.29 bits per heavy atom. The first kappa shape index (κ1) is 16.3. The lowest BCUT2D eigenvalue weighted by Gasteiger charge is -2.10. The van der Waals surface area contributed by atoms with Gasteiger partial charge in [0.1, 0.15) is 17.5 Å². The van der Waals surface area contributed by atoms with Gasteiger partial charge in [0.25, 0.3) is 0 Å². The molecule has 21 heavy (non-hydrogen) atoms. The van der Waals surface area contributed by atoms with E-state index < -0.39 is 11.6 Å². The highest BCUT2D eigenvalue weighted by molar-refractivity contribution is 8.01. The van der Waals surface area contributed by atoms with E-state index in [0.29, 0.717) is 28.6 Å². The number of aryl methyl sites for hydroxylation is 1. The Morgan fingerprint density at radius 2 is 1.95 bits per heavy atom. The second-order valence-corrected chi connectivity index (χ2v) is 6.70. The normalized spacial score (nSPS) is 12.6. The van der Waals surface area contributed by atoms with Gasteiger partial charge >= 0.3 is 0 Å². The maximum Gasteiger partial charge on any atom is 0.175 e. The molecule has 1 heterocycles. The summed E-state index contributed by atoms with van der Waals surface area (Å²) in [5.41, 5.74) is 6.40. The summed E-state index contributed by atoms with van der Waals surface area (Å²) >= 11 is 2.13. The van der Waals surface area contributed by atoms with Crippen LogP contribution in [0.3, 0.4) is 0 Å². The van der Waals surface area contributed by atoms with Gasteiger partial charge in [-0.15, -0.1) is 0 Å². The summed E-state index contributed by atoms with van der Waals surface area (Å²) in [7, 11) is 0. The number of rotatable bonds is 6. The maximum atomic E-state index is 14.1. The molecule has 3 nitrogen and oxygen atoms in total. The Kier molecular flexibility index (Phi) is 5.66. The van der Waals surface area contributed by atoms with Crippen LogP contribution in [0, 0.1) is 11.6 Å². The fourth-order valence-corrected chi connectivity index (χ4v) is 3.43. The van der Waals surface area contributed by atoms with Crippen LogP contribution in [0.1, 0.15) is 31.7 Å². The molecule has 2 aromatic rings. The van der Waals surface area contributed by atoms with Crippen molar-refractivity contribution in [2.45, 2.75) is 48.4 Å². The van der Waals surface area contributed by atoms with Crippen LogP contribution in [0.25, 0.3) is 0 Å². The summed E-state index contributed by atoms with van der Waals surface area (Å²) in [6.07, 6.45) is 1.94. The molecule has 0 spiro atoms. The molecule has 0 saturated carbocycles. The smallest absolute Gasteiger partial charge is 0.175 e. The van der Waals surface area contributed by atoms with Gasteiger partial charge in [0.2, 0.25) is 0 Å². The van der Waals surface area contributed by atoms with Gasteiger partial charge in [-0.1, -0.05) is 25.6 Å². The Labute approximate surface area is 131 Å². The Hall–Kier alpha value is -1.05. The quantitative estimate of drug-likeness (QED) is 0.875. The van der Waals surface area contributed by atoms with Crippen molar-refractivity contribution in [3.63, 3.8) is 0 Å². The van der Waals surface area contributed by atoms with Crippen LogP contribution in [0.2, 0.25) is 0 Å². The van der Waals surface area contributed by atoms with Crippen molar-refractivity contribution in [3.05, 3.63) is 35.2 Å². The molecule has 0 radical (unpaired) electrons. The Balaban J connectivity index is 2.20. The third-order valence-electron chi connectivity index (χ3n) is 3.04. The van der Waals surface area contributed by atoms with E-state index in [1.165, 1.54) is 12.1 Å². The predicted molar refractivity (Wildman–Crippen MR) is 81.7 cm³/mol. The number of hydrogen-bond donors (Lipinski definition) is 1. The predicted octanol–water partition coefficient (Wildman–Crippen LogP) is 3.81. The number of halogens is 2. The van der Waals surface area contributed by atoms with Crippen LogP contribution in [0.5, 0.6) is 0 Å². The molecule has 0 aliphatic carbocycles. The van der Waals surface area contributed by atoms with Crippen LogP contribution < -0.4 is 5.73 Å². The van der Waals surface area contributed by atoms with Crippen molar-refractivity contribution < 1.29 is 8.78 Å². The second kappa shape index (κ2) is 7.29. The monoisotopic (exact) mass is 329 g/mol. The molecule has 1 unspecified atom stereocenters. The summed E-state index contributed by atoms with van der Waals surface area (Å²) in [6.45, 7) is 3.88. The van der Waals surface area contributed by atoms with E-state index in [0.717, 1.165) is 29.7 Å². The molecule has 114 valence electrons. The fraction of sp³-hybridized carbons (Fsp3) is 0.429. The van der Waals surface area contributed by atoms with Gasteiger partial charge in [0.05, 0.1) is 4.90 Å². The maximum absolute atomic E-state index is 14.1. The average Bonchev–Trinajstić information content (AvgIpc) is 2.90. The van der Waals surface area contributed by atoms with Crippen molar-refractivity contribution in [1.82, 2.24) is 9.36 Å². The van der Waals surface area contributed by atoms with Crippen LogP contribution >= 0.6 is 23.3 Å². The molecule has 0 saturated heterocycles. The lowest BCUT2D eigenvalue weighted by atomic mass is 10.0. The van der Waals surface area contributed by atoms with E-state index in [-0.39, 0.29) is 10.9 Å². The molecule has 0 bridgehead atoms. The number of hydrogen-bond acceptors (Lipinski definition) is 5. The van der Waals surface area contributed by atoms with Gasteiger partial charge in [0.15, 0.2) is 4.34 Å². The van der Waals surface area contributed by atoms with Crippen LogP contribution in [-0.2, 0) is 12.8 Å². The first-order chi connectivity index (χ1) is 10.0. The van der Waals surface area contributed by atoms with Crippen molar-refractivity contribution in [1.29, 1.82) is 0 Å². The van der Waals surface area contributed by atoms with E-state index >= 15 is 0 Å². The molecule has 1 aromatic heterocycles. The summed E-state index contributed by atoms with van der Waals surface area (Å²) in [5, 5.41) is 0. The molecule has 0 aliphatic rings. The van der Waals surface area contributed by atoms with Crippen molar-refractivity contribution in [2.24, 2.45) is 5.73 Å². The third kappa shape index (κ3) is 4.21. The third-order valence-corrected chi connectivity index (χ3v) is 4.92. The summed E-state index contributed by atoms with van der Waals surface area (Å²) in [5.74, 6) is -0.466. The number of aromatic nitrogens is 2. The molecule has 2 rings (SSSR count). The van der Waals surface area contributed by atoms with Crippen LogP contribution in [0.15, 0.2) is 21.4 Å². The highest BCUT2D eigenvalue weighted by atomic mass is 32.2. The molecular formula is C14H17F2N3S2. The van der Waals surface area contributed by atoms with Crippen molar-refractivity contribution >= 4 is 23.3 Å². The molecule has 0 amide bonds. The van der Waals surface area contributed by atoms with Gasteiger partial charge in [-0.3, -0.25) is 0 Å². The van der Waals surface area contributed by atoms with E-state index in [2.05, 4.69) is 9.36 Å². The van der Waals surface area contributed by atoms with Gasteiger partial charge in [0, 0.05) is 12.5 Å². The van der Waals surface area contributed by atoms with Gasteiger partial charge < -0.3 is 5.73 Å². The molecule has 0 fully saturated rings. The first-order valence-electron chi connectivity index (χ1n) is 6.77. The summed E-state index contributed by atoms with van der Waals surface area (Å²) in [6, 6.07) is 2.61. The number of nitrogens with zero attached hydrogens (tertiary/aromatic N) is 2. The summed E-state index contributed by atoms with van der Waals surface area (Å²) < 4.78 is 32.8. The molecule has 1 aromatic carbocycles. The fourth-order valence-electron chi connectivity index (χ4n) is 1.79. The molecular weight excluding hydrogens is 312 g/mol. The molecule has 0 aliphatic heterocycles. The standard InChI is InChI=1S/C14H17F2N3S2/c1-3-9(17)5-8-6-10(15)13(11(16)7-8)20-14-18-12(4-2)19-21-14/h6-7,9H,3-5,17H2,1-2H3. The minimum Gasteiger partial charge on any atom is -0.327 e. The van der Waals surface area contributed by atoms with Gasteiger partial charge in [-0.05, 0) is 42.1 Å². The number of nitrogens with two attached hydrogens (primary N) is 1.